The summed E-state index contributed by atoms with van der Waals surface area (Å²) in [6, 6.07) is 3.80. The molecule has 1 saturated heterocycles. The number of sulfonamides is 1. The van der Waals surface area contributed by atoms with E-state index in [0.717, 1.165) is 6.07 Å². The maximum absolute atomic E-state index is 13.3. The number of benzene rings is 1. The van der Waals surface area contributed by atoms with Gasteiger partial charge in [-0.3, -0.25) is 4.72 Å². The van der Waals surface area contributed by atoms with Crippen LogP contribution in [-0.2, 0) is 26.4 Å². The summed E-state index contributed by atoms with van der Waals surface area (Å²) in [7, 11) is -6.83. The number of hydrogen-bond acceptors (Lipinski definition) is 5. The Morgan fingerprint density at radius 3 is 2.48 bits per heavy atom. The highest BCUT2D eigenvalue weighted by Crippen LogP contribution is 2.23. The Kier molecular flexibility index (Phi) is 4.54. The Morgan fingerprint density at radius 1 is 1.29 bits per heavy atom. The lowest BCUT2D eigenvalue weighted by Crippen LogP contribution is -2.36. The zero-order valence-corrected chi connectivity index (χ0v) is 12.9. The number of rotatable bonds is 4. The van der Waals surface area contributed by atoms with Crippen LogP contribution in [0.5, 0.6) is 0 Å². The standard InChI is InChI=1S/C12H17FN2O4S2/c13-12-2-1-10(7-9(12)8-14)15-21(18,19)11-3-5-20(16,17)6-4-11/h1-2,7,11,15H,3-6,8,14H2. The van der Waals surface area contributed by atoms with E-state index in [-0.39, 0.29) is 42.1 Å². The first-order valence-corrected chi connectivity index (χ1v) is 9.81. The van der Waals surface area contributed by atoms with Crippen molar-refractivity contribution < 1.29 is 21.2 Å². The van der Waals surface area contributed by atoms with Crippen molar-refractivity contribution in [3.63, 3.8) is 0 Å². The minimum Gasteiger partial charge on any atom is -0.326 e. The molecule has 0 aromatic heterocycles. The number of anilines is 1. The van der Waals surface area contributed by atoms with Crippen LogP contribution in [-0.4, -0.2) is 33.6 Å². The van der Waals surface area contributed by atoms with Gasteiger partial charge in [0.1, 0.15) is 15.7 Å². The third kappa shape index (κ3) is 3.92. The normalized spacial score (nSPS) is 19.3. The van der Waals surface area contributed by atoms with Crippen molar-refractivity contribution in [3.8, 4) is 0 Å². The van der Waals surface area contributed by atoms with Crippen molar-refractivity contribution in [1.29, 1.82) is 0 Å². The minimum atomic E-state index is -3.70. The van der Waals surface area contributed by atoms with Gasteiger partial charge in [0.2, 0.25) is 10.0 Å². The fourth-order valence-corrected chi connectivity index (χ4v) is 5.49. The molecule has 6 nitrogen and oxygen atoms in total. The summed E-state index contributed by atoms with van der Waals surface area (Å²) in [4.78, 5) is 0. The lowest BCUT2D eigenvalue weighted by molar-refractivity contribution is 0.555. The molecule has 9 heteroatoms. The van der Waals surface area contributed by atoms with Gasteiger partial charge in [-0.2, -0.15) is 0 Å². The van der Waals surface area contributed by atoms with Gasteiger partial charge in [-0.25, -0.2) is 21.2 Å². The second kappa shape index (κ2) is 5.90. The van der Waals surface area contributed by atoms with Crippen LogP contribution in [0.3, 0.4) is 0 Å². The molecule has 0 unspecified atom stereocenters. The molecule has 1 aromatic carbocycles. The fourth-order valence-electron chi connectivity index (χ4n) is 2.22. The quantitative estimate of drug-likeness (QED) is 0.837. The van der Waals surface area contributed by atoms with E-state index in [1.165, 1.54) is 12.1 Å². The number of halogens is 1. The van der Waals surface area contributed by atoms with E-state index in [0.29, 0.717) is 0 Å². The van der Waals surface area contributed by atoms with E-state index in [4.69, 9.17) is 5.73 Å². The predicted molar refractivity (Wildman–Crippen MR) is 78.5 cm³/mol. The molecule has 0 spiro atoms. The Hall–Kier alpha value is -1.19. The van der Waals surface area contributed by atoms with Crippen molar-refractivity contribution in [1.82, 2.24) is 0 Å². The topological polar surface area (TPSA) is 106 Å². The molecule has 0 aliphatic carbocycles. The summed E-state index contributed by atoms with van der Waals surface area (Å²) in [5.74, 6) is -0.754. The molecule has 0 atom stereocenters. The summed E-state index contributed by atoms with van der Waals surface area (Å²) in [6.45, 7) is -0.0386. The van der Waals surface area contributed by atoms with Crippen LogP contribution in [0.25, 0.3) is 0 Å². The summed E-state index contributed by atoms with van der Waals surface area (Å²) >= 11 is 0. The fraction of sp³-hybridized carbons (Fsp3) is 0.500. The number of hydrogen-bond donors (Lipinski definition) is 2. The molecule has 21 heavy (non-hydrogen) atoms. The van der Waals surface area contributed by atoms with Crippen LogP contribution < -0.4 is 10.5 Å². The average Bonchev–Trinajstić information content (AvgIpc) is 2.40. The van der Waals surface area contributed by atoms with E-state index in [1.807, 2.05) is 0 Å². The van der Waals surface area contributed by atoms with E-state index < -0.39 is 30.9 Å². The van der Waals surface area contributed by atoms with Gasteiger partial charge in [0.05, 0.1) is 16.8 Å². The van der Waals surface area contributed by atoms with Crippen molar-refractivity contribution in [2.45, 2.75) is 24.6 Å². The highest BCUT2D eigenvalue weighted by molar-refractivity contribution is 7.94. The number of nitrogens with two attached hydrogens (primary N) is 1. The maximum Gasteiger partial charge on any atom is 0.235 e. The Bertz CT molecular complexity index is 718. The summed E-state index contributed by atoms with van der Waals surface area (Å²) in [5.41, 5.74) is 5.81. The van der Waals surface area contributed by atoms with Crippen molar-refractivity contribution in [2.24, 2.45) is 5.73 Å². The smallest absolute Gasteiger partial charge is 0.235 e. The van der Waals surface area contributed by atoms with E-state index in [9.17, 15) is 21.2 Å². The molecule has 0 amide bonds. The van der Waals surface area contributed by atoms with E-state index in [2.05, 4.69) is 4.72 Å². The second-order valence-electron chi connectivity index (χ2n) is 5.01. The van der Waals surface area contributed by atoms with Crippen molar-refractivity contribution in [3.05, 3.63) is 29.6 Å². The first kappa shape index (κ1) is 16.2. The van der Waals surface area contributed by atoms with E-state index in [1.54, 1.807) is 0 Å². The number of nitrogens with one attached hydrogen (secondary N) is 1. The maximum atomic E-state index is 13.3. The molecule has 2 rings (SSSR count). The molecule has 1 heterocycles. The third-order valence-electron chi connectivity index (χ3n) is 3.47. The molecule has 1 fully saturated rings. The van der Waals surface area contributed by atoms with Crippen LogP contribution >= 0.6 is 0 Å². The Balaban J connectivity index is 2.15. The van der Waals surface area contributed by atoms with Crippen LogP contribution in [0.1, 0.15) is 18.4 Å². The van der Waals surface area contributed by atoms with Crippen molar-refractivity contribution in [2.75, 3.05) is 16.2 Å². The van der Waals surface area contributed by atoms with Gasteiger partial charge in [-0.05, 0) is 31.0 Å². The highest BCUT2D eigenvalue weighted by Gasteiger charge is 2.32. The summed E-state index contributed by atoms with van der Waals surface area (Å²) in [6.07, 6.45) is 0.144. The average molecular weight is 336 g/mol. The molecule has 118 valence electrons. The van der Waals surface area contributed by atoms with Gasteiger partial charge < -0.3 is 5.73 Å². The van der Waals surface area contributed by atoms with Crippen LogP contribution in [0, 0.1) is 5.82 Å². The summed E-state index contributed by atoms with van der Waals surface area (Å²) in [5, 5.41) is -0.757. The lowest BCUT2D eigenvalue weighted by Gasteiger charge is -2.22. The minimum absolute atomic E-state index is 0.0386. The highest BCUT2D eigenvalue weighted by atomic mass is 32.2. The van der Waals surface area contributed by atoms with E-state index >= 15 is 0 Å². The molecule has 1 aromatic rings. The zero-order valence-electron chi connectivity index (χ0n) is 11.2. The summed E-state index contributed by atoms with van der Waals surface area (Å²) < 4.78 is 62.8. The van der Waals surface area contributed by atoms with Gasteiger partial charge in [0.15, 0.2) is 0 Å². The monoisotopic (exact) mass is 336 g/mol. The van der Waals surface area contributed by atoms with Gasteiger partial charge >= 0.3 is 0 Å². The second-order valence-corrected chi connectivity index (χ2v) is 9.27. The van der Waals surface area contributed by atoms with Crippen molar-refractivity contribution >= 4 is 25.5 Å². The van der Waals surface area contributed by atoms with Gasteiger partial charge in [0, 0.05) is 17.8 Å². The first-order chi connectivity index (χ1) is 9.73. The molecule has 0 bridgehead atoms. The van der Waals surface area contributed by atoms with Gasteiger partial charge in [0.25, 0.3) is 0 Å². The molecule has 0 saturated carbocycles. The molecule has 1 aliphatic heterocycles. The Morgan fingerprint density at radius 2 is 1.90 bits per heavy atom. The predicted octanol–water partition coefficient (Wildman–Crippen LogP) is 0.603. The van der Waals surface area contributed by atoms with Crippen LogP contribution in [0.4, 0.5) is 10.1 Å². The van der Waals surface area contributed by atoms with Crippen LogP contribution in [0.15, 0.2) is 18.2 Å². The molecular formula is C12H17FN2O4S2. The molecule has 0 radical (unpaired) electrons. The molecule has 1 aliphatic rings. The Labute approximate surface area is 123 Å². The molecular weight excluding hydrogens is 319 g/mol. The van der Waals surface area contributed by atoms with Gasteiger partial charge in [-0.15, -0.1) is 0 Å². The number of sulfone groups is 1. The van der Waals surface area contributed by atoms with Gasteiger partial charge in [-0.1, -0.05) is 0 Å². The lowest BCUT2D eigenvalue weighted by atomic mass is 10.2. The largest absolute Gasteiger partial charge is 0.326 e. The zero-order chi connectivity index (χ0) is 15.7. The third-order valence-corrected chi connectivity index (χ3v) is 7.05. The molecule has 3 N–H and O–H groups in total. The first-order valence-electron chi connectivity index (χ1n) is 6.44. The SMILES string of the molecule is NCc1cc(NS(=O)(=O)C2CCS(=O)(=O)CC2)ccc1F. The van der Waals surface area contributed by atoms with Crippen LogP contribution in [0.2, 0.25) is 0 Å².